The monoisotopic (exact) mass is 526 g/mol. The second-order valence-electron chi connectivity index (χ2n) is 9.07. The summed E-state index contributed by atoms with van der Waals surface area (Å²) in [7, 11) is 0. The van der Waals surface area contributed by atoms with E-state index in [0.717, 1.165) is 38.3 Å². The van der Waals surface area contributed by atoms with E-state index in [1.54, 1.807) is 30.5 Å². The lowest BCUT2D eigenvalue weighted by Crippen LogP contribution is -2.46. The number of amides is 1. The summed E-state index contributed by atoms with van der Waals surface area (Å²) in [6.45, 7) is 8.02. The van der Waals surface area contributed by atoms with Crippen LogP contribution < -0.4 is 10.2 Å². The van der Waals surface area contributed by atoms with Crippen molar-refractivity contribution in [2.75, 3.05) is 31.1 Å². The van der Waals surface area contributed by atoms with Crippen molar-refractivity contribution in [1.29, 1.82) is 0 Å². The Morgan fingerprint density at radius 2 is 1.59 bits per heavy atom. The average molecular weight is 527 g/mol. The number of hydrogen-bond donors (Lipinski definition) is 1. The number of anilines is 1. The van der Waals surface area contributed by atoms with E-state index in [9.17, 15) is 14.0 Å². The van der Waals surface area contributed by atoms with Crippen LogP contribution in [0.1, 0.15) is 45.7 Å². The van der Waals surface area contributed by atoms with Crippen molar-refractivity contribution in [3.8, 4) is 0 Å². The number of carbonyl (C=O) groups is 2. The maximum atomic E-state index is 13.8. The number of nitrogens with zero attached hydrogens (tertiary/aromatic N) is 3. The molecule has 1 aromatic heterocycles. The molecular formula is C28H32ClFN4O3. The van der Waals surface area contributed by atoms with Gasteiger partial charge in [0.2, 0.25) is 0 Å². The zero-order valence-corrected chi connectivity index (χ0v) is 21.8. The van der Waals surface area contributed by atoms with Crippen molar-refractivity contribution >= 4 is 30.1 Å². The Labute approximate surface area is 223 Å². The number of aromatic nitrogens is 1. The summed E-state index contributed by atoms with van der Waals surface area (Å²) in [5, 5.41) is 2.77. The predicted molar refractivity (Wildman–Crippen MR) is 144 cm³/mol. The highest BCUT2D eigenvalue weighted by Crippen LogP contribution is 2.21. The van der Waals surface area contributed by atoms with Crippen LogP contribution in [0.3, 0.4) is 0 Å². The van der Waals surface area contributed by atoms with Gasteiger partial charge in [-0.2, -0.15) is 0 Å². The topological polar surface area (TPSA) is 74.8 Å². The molecule has 0 aliphatic carbocycles. The number of pyridine rings is 1. The van der Waals surface area contributed by atoms with E-state index >= 15 is 0 Å². The summed E-state index contributed by atoms with van der Waals surface area (Å²) >= 11 is 0. The average Bonchev–Trinajstić information content (AvgIpc) is 2.88. The minimum absolute atomic E-state index is 0. The van der Waals surface area contributed by atoms with Gasteiger partial charge in [-0.25, -0.2) is 14.2 Å². The van der Waals surface area contributed by atoms with Crippen LogP contribution in [0, 0.1) is 5.82 Å². The van der Waals surface area contributed by atoms with Gasteiger partial charge in [0.25, 0.3) is 5.91 Å². The van der Waals surface area contributed by atoms with Gasteiger partial charge < -0.3 is 15.0 Å². The maximum absolute atomic E-state index is 13.8. The zero-order valence-electron chi connectivity index (χ0n) is 21.0. The highest BCUT2D eigenvalue weighted by molar-refractivity contribution is 5.95. The second-order valence-corrected chi connectivity index (χ2v) is 9.07. The number of carbonyl (C=O) groups excluding carboxylic acids is 2. The van der Waals surface area contributed by atoms with Crippen LogP contribution in [0.25, 0.3) is 0 Å². The number of ether oxygens (including phenoxy) is 1. The summed E-state index contributed by atoms with van der Waals surface area (Å²) in [4.78, 5) is 33.6. The fourth-order valence-electron chi connectivity index (χ4n) is 4.15. The molecule has 0 atom stereocenters. The largest absolute Gasteiger partial charge is 0.459 e. The molecule has 0 unspecified atom stereocenters. The Morgan fingerprint density at radius 1 is 0.946 bits per heavy atom. The van der Waals surface area contributed by atoms with Crippen LogP contribution in [0.5, 0.6) is 0 Å². The first-order valence-electron chi connectivity index (χ1n) is 12.1. The minimum Gasteiger partial charge on any atom is -0.459 e. The Morgan fingerprint density at radius 3 is 2.27 bits per heavy atom. The van der Waals surface area contributed by atoms with Crippen LogP contribution in [0.2, 0.25) is 0 Å². The Balaban J connectivity index is 0.00000380. The molecule has 1 amide bonds. The molecule has 4 rings (SSSR count). The summed E-state index contributed by atoms with van der Waals surface area (Å²) in [5.41, 5.74) is 2.66. The van der Waals surface area contributed by atoms with Crippen molar-refractivity contribution < 1.29 is 18.7 Å². The van der Waals surface area contributed by atoms with E-state index in [0.29, 0.717) is 17.9 Å². The first-order valence-corrected chi connectivity index (χ1v) is 12.1. The van der Waals surface area contributed by atoms with E-state index in [1.165, 1.54) is 17.7 Å². The van der Waals surface area contributed by atoms with Gasteiger partial charge in [-0.1, -0.05) is 36.4 Å². The number of hydrogen-bond acceptors (Lipinski definition) is 6. The van der Waals surface area contributed by atoms with E-state index < -0.39 is 11.7 Å². The number of benzene rings is 2. The Bertz CT molecular complexity index is 1200. The number of nitrogens with one attached hydrogen (secondary N) is 1. The molecule has 1 saturated heterocycles. The van der Waals surface area contributed by atoms with Crippen molar-refractivity contribution in [2.24, 2.45) is 0 Å². The smallest absolute Gasteiger partial charge is 0.342 e. The van der Waals surface area contributed by atoms with Crippen LogP contribution in [0.15, 0.2) is 66.9 Å². The van der Waals surface area contributed by atoms with Gasteiger partial charge in [0.1, 0.15) is 17.2 Å². The van der Waals surface area contributed by atoms with Gasteiger partial charge in [-0.05, 0) is 49.2 Å². The van der Waals surface area contributed by atoms with E-state index in [1.807, 2.05) is 26.0 Å². The van der Waals surface area contributed by atoms with E-state index in [-0.39, 0.29) is 30.0 Å². The molecule has 0 spiro atoms. The SMILES string of the molecule is CC(C)OC(=O)c1cccnc1N1CCN(Cc2ccc(CNC(=O)c3ccccc3F)cc2)CC1.Cl. The van der Waals surface area contributed by atoms with Crippen molar-refractivity contribution in [1.82, 2.24) is 15.2 Å². The quantitative estimate of drug-likeness (QED) is 0.437. The molecule has 1 aliphatic rings. The molecule has 37 heavy (non-hydrogen) atoms. The molecule has 0 radical (unpaired) electrons. The van der Waals surface area contributed by atoms with Crippen LogP contribution in [-0.4, -0.2) is 54.0 Å². The number of halogens is 2. The molecule has 7 nitrogen and oxygen atoms in total. The Hall–Kier alpha value is -3.49. The third-order valence-corrected chi connectivity index (χ3v) is 6.02. The van der Waals surface area contributed by atoms with Gasteiger partial charge in [0.15, 0.2) is 0 Å². The number of rotatable bonds is 8. The number of piperazine rings is 1. The second kappa shape index (κ2) is 13.2. The fourth-order valence-corrected chi connectivity index (χ4v) is 4.15. The molecule has 196 valence electrons. The first kappa shape index (κ1) is 28.1. The van der Waals surface area contributed by atoms with Crippen molar-refractivity contribution in [2.45, 2.75) is 33.0 Å². The third-order valence-electron chi connectivity index (χ3n) is 6.02. The third kappa shape index (κ3) is 7.50. The molecule has 2 heterocycles. The molecule has 2 aromatic carbocycles. The number of esters is 1. The molecule has 9 heteroatoms. The molecule has 1 fully saturated rings. The summed E-state index contributed by atoms with van der Waals surface area (Å²) in [6, 6.07) is 17.5. The van der Waals surface area contributed by atoms with Gasteiger partial charge in [0, 0.05) is 45.5 Å². The summed E-state index contributed by atoms with van der Waals surface area (Å²) < 4.78 is 19.1. The van der Waals surface area contributed by atoms with Gasteiger partial charge in [0.05, 0.1) is 11.7 Å². The molecule has 3 aromatic rings. The Kier molecular flexibility index (Phi) is 10.00. The van der Waals surface area contributed by atoms with Crippen LogP contribution >= 0.6 is 12.4 Å². The van der Waals surface area contributed by atoms with Crippen molar-refractivity contribution in [3.05, 3.63) is 94.9 Å². The van der Waals surface area contributed by atoms with Crippen molar-refractivity contribution in [3.63, 3.8) is 0 Å². The summed E-state index contributed by atoms with van der Waals surface area (Å²) in [6.07, 6.45) is 1.52. The lowest BCUT2D eigenvalue weighted by atomic mass is 10.1. The van der Waals surface area contributed by atoms with Gasteiger partial charge in [-0.3, -0.25) is 9.69 Å². The fraction of sp³-hybridized carbons (Fsp3) is 0.321. The normalized spacial score (nSPS) is 13.7. The van der Waals surface area contributed by atoms with Crippen LogP contribution in [0.4, 0.5) is 10.2 Å². The molecule has 0 saturated carbocycles. The first-order chi connectivity index (χ1) is 17.4. The van der Waals surface area contributed by atoms with E-state index in [4.69, 9.17) is 4.74 Å². The lowest BCUT2D eigenvalue weighted by molar-refractivity contribution is 0.0378. The highest BCUT2D eigenvalue weighted by Gasteiger charge is 2.23. The van der Waals surface area contributed by atoms with Gasteiger partial charge >= 0.3 is 5.97 Å². The minimum atomic E-state index is -0.528. The molecule has 1 N–H and O–H groups in total. The van der Waals surface area contributed by atoms with E-state index in [2.05, 4.69) is 32.2 Å². The standard InChI is InChI=1S/C28H31FN4O3.ClH/c1-20(2)36-28(35)24-7-5-13-30-26(24)33-16-14-32(15-17-33)19-22-11-9-21(10-12-22)18-31-27(34)23-6-3-4-8-25(23)29;/h3-13,20H,14-19H2,1-2H3,(H,31,34);1H. The molecule has 0 bridgehead atoms. The zero-order chi connectivity index (χ0) is 25.5. The maximum Gasteiger partial charge on any atom is 0.342 e. The predicted octanol–water partition coefficient (Wildman–Crippen LogP) is 4.46. The molecular weight excluding hydrogens is 495 g/mol. The summed E-state index contributed by atoms with van der Waals surface area (Å²) in [5.74, 6) is -0.630. The van der Waals surface area contributed by atoms with Crippen LogP contribution in [-0.2, 0) is 17.8 Å². The van der Waals surface area contributed by atoms with Gasteiger partial charge in [-0.15, -0.1) is 12.4 Å². The molecule has 1 aliphatic heterocycles. The highest BCUT2D eigenvalue weighted by atomic mass is 35.5. The lowest BCUT2D eigenvalue weighted by Gasteiger charge is -2.36.